The Hall–Kier alpha value is -1.26. The second-order valence-electron chi connectivity index (χ2n) is 5.07. The monoisotopic (exact) mass is 231 g/mol. The molecule has 0 heterocycles. The lowest BCUT2D eigenvalue weighted by atomic mass is 9.96. The number of carbonyl (C=O) groups is 2. The third-order valence-corrected chi connectivity index (χ3v) is 1.99. The molecule has 0 aromatic rings. The van der Waals surface area contributed by atoms with Gasteiger partial charge in [0.2, 0.25) is 0 Å². The number of alkyl carbamates (subject to hydrolysis) is 1. The normalized spacial score (nSPS) is 13.4. The number of carboxylic acid groups (broad SMARTS) is 1. The van der Waals surface area contributed by atoms with E-state index in [1.165, 1.54) is 0 Å². The molecule has 94 valence electrons. The van der Waals surface area contributed by atoms with Gasteiger partial charge in [0.15, 0.2) is 0 Å². The minimum absolute atomic E-state index is 0.0348. The molecular weight excluding hydrogens is 210 g/mol. The molecule has 2 N–H and O–H groups in total. The highest BCUT2D eigenvalue weighted by Crippen LogP contribution is 2.11. The van der Waals surface area contributed by atoms with Crippen LogP contribution in [0.1, 0.15) is 34.6 Å². The summed E-state index contributed by atoms with van der Waals surface area (Å²) in [6.45, 7) is 8.95. The fraction of sp³-hybridized carbons (Fsp3) is 0.818. The quantitative estimate of drug-likeness (QED) is 0.774. The van der Waals surface area contributed by atoms with Crippen molar-refractivity contribution in [1.82, 2.24) is 5.32 Å². The van der Waals surface area contributed by atoms with Crippen LogP contribution in [0.15, 0.2) is 0 Å². The highest BCUT2D eigenvalue weighted by molar-refractivity contribution is 5.72. The summed E-state index contributed by atoms with van der Waals surface area (Å²) in [5.74, 6) is -1.54. The van der Waals surface area contributed by atoms with E-state index in [1.807, 2.05) is 0 Å². The van der Waals surface area contributed by atoms with Crippen molar-refractivity contribution in [3.8, 4) is 0 Å². The SMILES string of the molecule is CC(C)C(CNC(=O)OC(C)(C)C)C(=O)O. The zero-order valence-corrected chi connectivity index (χ0v) is 10.5. The van der Waals surface area contributed by atoms with Crippen LogP contribution in [0, 0.1) is 11.8 Å². The van der Waals surface area contributed by atoms with Crippen molar-refractivity contribution in [3.05, 3.63) is 0 Å². The lowest BCUT2D eigenvalue weighted by molar-refractivity contribution is -0.142. The molecule has 16 heavy (non-hydrogen) atoms. The molecule has 1 unspecified atom stereocenters. The van der Waals surface area contributed by atoms with E-state index in [9.17, 15) is 9.59 Å². The number of nitrogens with one attached hydrogen (secondary N) is 1. The third kappa shape index (κ3) is 6.27. The van der Waals surface area contributed by atoms with Crippen molar-refractivity contribution in [2.24, 2.45) is 11.8 Å². The minimum Gasteiger partial charge on any atom is -0.481 e. The number of carboxylic acids is 1. The van der Waals surface area contributed by atoms with Gasteiger partial charge >= 0.3 is 12.1 Å². The number of ether oxygens (including phenoxy) is 1. The molecule has 1 atom stereocenters. The Morgan fingerprint density at radius 3 is 2.12 bits per heavy atom. The van der Waals surface area contributed by atoms with Crippen LogP contribution in [0.4, 0.5) is 4.79 Å². The molecule has 0 saturated heterocycles. The van der Waals surface area contributed by atoms with Crippen LogP contribution in [-0.2, 0) is 9.53 Å². The van der Waals surface area contributed by atoms with Crippen molar-refractivity contribution in [2.45, 2.75) is 40.2 Å². The van der Waals surface area contributed by atoms with Gasteiger partial charge in [-0.3, -0.25) is 4.79 Å². The first-order valence-corrected chi connectivity index (χ1v) is 5.33. The highest BCUT2D eigenvalue weighted by atomic mass is 16.6. The van der Waals surface area contributed by atoms with Gasteiger partial charge in [-0.15, -0.1) is 0 Å². The summed E-state index contributed by atoms with van der Waals surface area (Å²) in [6, 6.07) is 0. The van der Waals surface area contributed by atoms with Gasteiger partial charge < -0.3 is 15.2 Å². The fourth-order valence-corrected chi connectivity index (χ4v) is 1.12. The fourth-order valence-electron chi connectivity index (χ4n) is 1.12. The molecule has 0 bridgehead atoms. The van der Waals surface area contributed by atoms with Crippen LogP contribution < -0.4 is 5.32 Å². The maximum atomic E-state index is 11.3. The Kier molecular flexibility index (Phi) is 5.27. The Balaban J connectivity index is 4.12. The van der Waals surface area contributed by atoms with Crippen molar-refractivity contribution in [3.63, 3.8) is 0 Å². The second-order valence-corrected chi connectivity index (χ2v) is 5.07. The Morgan fingerprint density at radius 2 is 1.81 bits per heavy atom. The number of carbonyl (C=O) groups excluding carboxylic acids is 1. The van der Waals surface area contributed by atoms with E-state index in [4.69, 9.17) is 9.84 Å². The van der Waals surface area contributed by atoms with Gasteiger partial charge in [-0.05, 0) is 26.7 Å². The smallest absolute Gasteiger partial charge is 0.407 e. The van der Waals surface area contributed by atoms with Crippen molar-refractivity contribution in [2.75, 3.05) is 6.54 Å². The van der Waals surface area contributed by atoms with Gasteiger partial charge in [0, 0.05) is 6.54 Å². The summed E-state index contributed by atoms with van der Waals surface area (Å²) in [5.41, 5.74) is -0.569. The summed E-state index contributed by atoms with van der Waals surface area (Å²) < 4.78 is 5.00. The standard InChI is InChI=1S/C11H21NO4/c1-7(2)8(9(13)14)6-12-10(15)16-11(3,4)5/h7-8H,6H2,1-5H3,(H,12,15)(H,13,14). The first kappa shape index (κ1) is 14.7. The Morgan fingerprint density at radius 1 is 1.31 bits per heavy atom. The topological polar surface area (TPSA) is 75.6 Å². The van der Waals surface area contributed by atoms with E-state index >= 15 is 0 Å². The number of amides is 1. The first-order valence-electron chi connectivity index (χ1n) is 5.33. The zero-order valence-electron chi connectivity index (χ0n) is 10.5. The van der Waals surface area contributed by atoms with Crippen LogP contribution in [-0.4, -0.2) is 29.3 Å². The first-order chi connectivity index (χ1) is 7.13. The third-order valence-electron chi connectivity index (χ3n) is 1.99. The van der Waals surface area contributed by atoms with E-state index in [0.717, 1.165) is 0 Å². The van der Waals surface area contributed by atoms with Crippen molar-refractivity contribution >= 4 is 12.1 Å². The molecule has 1 amide bonds. The number of hydrogen-bond donors (Lipinski definition) is 2. The van der Waals surface area contributed by atoms with E-state index in [1.54, 1.807) is 34.6 Å². The zero-order chi connectivity index (χ0) is 12.9. The molecule has 0 saturated carbocycles. The molecule has 0 spiro atoms. The van der Waals surface area contributed by atoms with Gasteiger partial charge in [-0.25, -0.2) is 4.79 Å². The summed E-state index contributed by atoms with van der Waals surface area (Å²) in [6.07, 6.45) is -0.584. The lowest BCUT2D eigenvalue weighted by Crippen LogP contribution is -2.38. The van der Waals surface area contributed by atoms with Crippen LogP contribution in [0.25, 0.3) is 0 Å². The van der Waals surface area contributed by atoms with Crippen molar-refractivity contribution < 1.29 is 19.4 Å². The molecule has 0 rings (SSSR count). The molecule has 0 aromatic heterocycles. The van der Waals surface area contributed by atoms with Crippen LogP contribution in [0.5, 0.6) is 0 Å². The van der Waals surface area contributed by atoms with Crippen LogP contribution in [0.3, 0.4) is 0 Å². The van der Waals surface area contributed by atoms with Gasteiger partial charge in [-0.1, -0.05) is 13.8 Å². The van der Waals surface area contributed by atoms with Crippen LogP contribution in [0.2, 0.25) is 0 Å². The Labute approximate surface area is 96.2 Å². The summed E-state index contributed by atoms with van der Waals surface area (Å²) >= 11 is 0. The minimum atomic E-state index is -0.911. The summed E-state index contributed by atoms with van der Waals surface area (Å²) in [4.78, 5) is 22.1. The maximum absolute atomic E-state index is 11.3. The van der Waals surface area contributed by atoms with E-state index < -0.39 is 23.6 Å². The molecular formula is C11H21NO4. The molecule has 0 aromatic carbocycles. The molecule has 0 aliphatic rings. The summed E-state index contributed by atoms with van der Waals surface area (Å²) in [7, 11) is 0. The van der Waals surface area contributed by atoms with Gasteiger partial charge in [0.25, 0.3) is 0 Å². The average Bonchev–Trinajstić information content (AvgIpc) is 1.98. The van der Waals surface area contributed by atoms with E-state index in [0.29, 0.717) is 0 Å². The molecule has 0 fully saturated rings. The predicted octanol–water partition coefficient (Wildman–Crippen LogP) is 1.87. The number of rotatable bonds is 4. The van der Waals surface area contributed by atoms with Crippen LogP contribution >= 0.6 is 0 Å². The largest absolute Gasteiger partial charge is 0.481 e. The lowest BCUT2D eigenvalue weighted by Gasteiger charge is -2.21. The molecule has 5 nitrogen and oxygen atoms in total. The number of hydrogen-bond acceptors (Lipinski definition) is 3. The second kappa shape index (κ2) is 5.72. The molecule has 5 heteroatoms. The average molecular weight is 231 g/mol. The van der Waals surface area contributed by atoms with E-state index in [2.05, 4.69) is 5.32 Å². The molecule has 0 aliphatic heterocycles. The Bertz CT molecular complexity index is 255. The van der Waals surface area contributed by atoms with E-state index in [-0.39, 0.29) is 12.5 Å². The maximum Gasteiger partial charge on any atom is 0.407 e. The van der Waals surface area contributed by atoms with Gasteiger partial charge in [0.05, 0.1) is 5.92 Å². The number of aliphatic carboxylic acids is 1. The van der Waals surface area contributed by atoms with Crippen molar-refractivity contribution in [1.29, 1.82) is 0 Å². The predicted molar refractivity (Wildman–Crippen MR) is 60.2 cm³/mol. The van der Waals surface area contributed by atoms with Gasteiger partial charge in [-0.2, -0.15) is 0 Å². The highest BCUT2D eigenvalue weighted by Gasteiger charge is 2.23. The molecule has 0 aliphatic carbocycles. The summed E-state index contributed by atoms with van der Waals surface area (Å²) in [5, 5.41) is 11.4. The van der Waals surface area contributed by atoms with Gasteiger partial charge in [0.1, 0.15) is 5.60 Å². The molecule has 0 radical (unpaired) electrons.